The van der Waals surface area contributed by atoms with Gasteiger partial charge in [-0.05, 0) is 42.0 Å². The Hall–Kier alpha value is -3.79. The summed E-state index contributed by atoms with van der Waals surface area (Å²) in [4.78, 5) is 29.8. The molecule has 3 aromatic heterocycles. The number of halogens is 7. The van der Waals surface area contributed by atoms with Crippen LogP contribution >= 0.6 is 0 Å². The van der Waals surface area contributed by atoms with Gasteiger partial charge in [0.15, 0.2) is 11.3 Å². The van der Waals surface area contributed by atoms with Gasteiger partial charge in [0.05, 0.1) is 30.0 Å². The first-order chi connectivity index (χ1) is 19.3. The zero-order valence-corrected chi connectivity index (χ0v) is 21.6. The van der Waals surface area contributed by atoms with Gasteiger partial charge in [0, 0.05) is 19.3 Å². The molecular formula is C24H26F7N7O3. The van der Waals surface area contributed by atoms with Crippen LogP contribution in [-0.4, -0.2) is 61.8 Å². The Morgan fingerprint density at radius 2 is 1.90 bits per heavy atom. The number of rotatable bonds is 10. The number of hydrogen-bond acceptors (Lipinski definition) is 7. The van der Waals surface area contributed by atoms with E-state index in [2.05, 4.69) is 30.3 Å². The minimum absolute atomic E-state index is 0.0399. The van der Waals surface area contributed by atoms with Crippen LogP contribution in [0.3, 0.4) is 0 Å². The molecule has 10 nitrogen and oxygen atoms in total. The average molecular weight is 594 g/mol. The van der Waals surface area contributed by atoms with Crippen molar-refractivity contribution in [1.82, 2.24) is 35.5 Å². The van der Waals surface area contributed by atoms with E-state index in [0.717, 1.165) is 6.20 Å². The minimum Gasteiger partial charge on any atom is -0.346 e. The molecule has 3 heterocycles. The van der Waals surface area contributed by atoms with Crippen LogP contribution in [0, 0.1) is 5.92 Å². The topological polar surface area (TPSA) is 127 Å². The maximum absolute atomic E-state index is 13.9. The van der Waals surface area contributed by atoms with Crippen molar-refractivity contribution < 1.29 is 45.0 Å². The highest BCUT2D eigenvalue weighted by Crippen LogP contribution is 2.41. The highest BCUT2D eigenvalue weighted by Gasteiger charge is 2.40. The zero-order valence-electron chi connectivity index (χ0n) is 21.6. The van der Waals surface area contributed by atoms with E-state index < -0.39 is 74.0 Å². The Kier molecular flexibility index (Phi) is 8.82. The van der Waals surface area contributed by atoms with E-state index >= 15 is 0 Å². The van der Waals surface area contributed by atoms with Gasteiger partial charge in [-0.3, -0.25) is 9.59 Å². The van der Waals surface area contributed by atoms with E-state index in [4.69, 9.17) is 0 Å². The number of fused-ring (bicyclic) bond motifs is 1. The summed E-state index contributed by atoms with van der Waals surface area (Å²) in [6.07, 6.45) is -6.72. The van der Waals surface area contributed by atoms with E-state index in [-0.39, 0.29) is 41.1 Å². The molecule has 4 rings (SSSR count). The van der Waals surface area contributed by atoms with Crippen LogP contribution < -0.4 is 10.6 Å². The predicted molar refractivity (Wildman–Crippen MR) is 126 cm³/mol. The monoisotopic (exact) mass is 593 g/mol. The van der Waals surface area contributed by atoms with Crippen LogP contribution in [-0.2, 0) is 11.2 Å². The molecule has 1 saturated carbocycles. The van der Waals surface area contributed by atoms with Crippen molar-refractivity contribution in [3.63, 3.8) is 0 Å². The Balaban J connectivity index is 1.65. The van der Waals surface area contributed by atoms with Crippen LogP contribution in [0.4, 0.5) is 30.7 Å². The number of amides is 2. The van der Waals surface area contributed by atoms with Crippen molar-refractivity contribution in [1.29, 1.82) is 0 Å². The maximum Gasteiger partial charge on any atom is 0.405 e. The lowest BCUT2D eigenvalue weighted by Gasteiger charge is -2.33. The Morgan fingerprint density at radius 1 is 1.20 bits per heavy atom. The molecule has 17 heteroatoms. The normalized spacial score (nSPS) is 17.5. The van der Waals surface area contributed by atoms with Crippen LogP contribution in [0.2, 0.25) is 0 Å². The molecule has 2 atom stereocenters. The second kappa shape index (κ2) is 12.0. The molecular weight excluding hydrogens is 567 g/mol. The van der Waals surface area contributed by atoms with Gasteiger partial charge >= 0.3 is 6.18 Å². The number of carbonyl (C=O) groups excluding carboxylic acids is 2. The van der Waals surface area contributed by atoms with Gasteiger partial charge in [-0.25, -0.2) is 31.7 Å². The fourth-order valence-electron chi connectivity index (χ4n) is 4.78. The summed E-state index contributed by atoms with van der Waals surface area (Å²) < 4.78 is 97.8. The SMILES string of the molecule is CCc1nonc1C(=O)NC(c1cn2ncc(C(CC(F)F)C(=O)NCC(F)(F)F)cc2n1)C1CCC(F)(F)CC1. The van der Waals surface area contributed by atoms with Gasteiger partial charge in [0.2, 0.25) is 18.3 Å². The number of aryl methyl sites for hydroxylation is 1. The molecule has 1 fully saturated rings. The van der Waals surface area contributed by atoms with Crippen LogP contribution in [0.1, 0.15) is 78.4 Å². The van der Waals surface area contributed by atoms with Crippen molar-refractivity contribution in [2.24, 2.45) is 5.92 Å². The second-order valence-electron chi connectivity index (χ2n) is 9.83. The predicted octanol–water partition coefficient (Wildman–Crippen LogP) is 4.39. The van der Waals surface area contributed by atoms with E-state index in [0.29, 0.717) is 6.42 Å². The number of aromatic nitrogens is 5. The molecule has 1 aliphatic carbocycles. The van der Waals surface area contributed by atoms with Crippen LogP contribution in [0.25, 0.3) is 5.65 Å². The molecule has 2 N–H and O–H groups in total. The maximum atomic E-state index is 13.9. The largest absolute Gasteiger partial charge is 0.405 e. The molecule has 224 valence electrons. The van der Waals surface area contributed by atoms with E-state index in [1.54, 1.807) is 12.2 Å². The molecule has 0 aromatic carbocycles. The molecule has 0 saturated heterocycles. The minimum atomic E-state index is -4.74. The Labute approximate surface area is 228 Å². The summed E-state index contributed by atoms with van der Waals surface area (Å²) in [6, 6.07) is 0.332. The lowest BCUT2D eigenvalue weighted by molar-refractivity contribution is -0.139. The van der Waals surface area contributed by atoms with Gasteiger partial charge < -0.3 is 10.6 Å². The van der Waals surface area contributed by atoms with Gasteiger partial charge in [0.1, 0.15) is 12.2 Å². The summed E-state index contributed by atoms with van der Waals surface area (Å²) >= 11 is 0. The summed E-state index contributed by atoms with van der Waals surface area (Å²) in [5.74, 6) is -6.90. The number of hydrogen-bond donors (Lipinski definition) is 2. The molecule has 0 bridgehead atoms. The van der Waals surface area contributed by atoms with E-state index in [9.17, 15) is 40.3 Å². The molecule has 3 aromatic rings. The third-order valence-corrected chi connectivity index (χ3v) is 6.90. The fraction of sp³-hybridized carbons (Fsp3) is 0.583. The lowest BCUT2D eigenvalue weighted by atomic mass is 9.81. The molecule has 1 aliphatic rings. The highest BCUT2D eigenvalue weighted by molar-refractivity contribution is 5.93. The number of imidazole rings is 1. The first-order valence-electron chi connectivity index (χ1n) is 12.7. The number of alkyl halides is 7. The van der Waals surface area contributed by atoms with Crippen molar-refractivity contribution in [2.75, 3.05) is 6.54 Å². The summed E-state index contributed by atoms with van der Waals surface area (Å²) in [6.45, 7) is 0.0322. The summed E-state index contributed by atoms with van der Waals surface area (Å²) in [5.41, 5.74) is 0.348. The third kappa shape index (κ3) is 7.49. The summed E-state index contributed by atoms with van der Waals surface area (Å²) in [7, 11) is 0. The second-order valence-corrected chi connectivity index (χ2v) is 9.83. The fourth-order valence-corrected chi connectivity index (χ4v) is 4.78. The quantitative estimate of drug-likeness (QED) is 0.334. The average Bonchev–Trinajstić information content (AvgIpc) is 3.55. The molecule has 0 spiro atoms. The molecule has 2 unspecified atom stereocenters. The molecule has 2 amide bonds. The summed E-state index contributed by atoms with van der Waals surface area (Å²) in [5, 5.41) is 15.7. The Bertz CT molecular complexity index is 1370. The molecule has 0 radical (unpaired) electrons. The first kappa shape index (κ1) is 30.2. The van der Waals surface area contributed by atoms with E-state index in [1.807, 2.05) is 0 Å². The van der Waals surface area contributed by atoms with Crippen LogP contribution in [0.5, 0.6) is 0 Å². The molecule has 0 aliphatic heterocycles. The van der Waals surface area contributed by atoms with Gasteiger partial charge in [-0.15, -0.1) is 0 Å². The van der Waals surface area contributed by atoms with Crippen molar-refractivity contribution in [3.05, 3.63) is 41.1 Å². The first-order valence-corrected chi connectivity index (χ1v) is 12.7. The van der Waals surface area contributed by atoms with Crippen molar-refractivity contribution in [2.45, 2.75) is 75.9 Å². The van der Waals surface area contributed by atoms with Gasteiger partial charge in [-0.1, -0.05) is 12.1 Å². The Morgan fingerprint density at radius 3 is 2.54 bits per heavy atom. The van der Waals surface area contributed by atoms with Gasteiger partial charge in [0.25, 0.3) is 5.91 Å². The van der Waals surface area contributed by atoms with Crippen molar-refractivity contribution in [3.8, 4) is 0 Å². The smallest absolute Gasteiger partial charge is 0.346 e. The number of nitrogens with one attached hydrogen (secondary N) is 2. The highest BCUT2D eigenvalue weighted by atomic mass is 19.4. The van der Waals surface area contributed by atoms with Crippen molar-refractivity contribution >= 4 is 17.5 Å². The zero-order chi connectivity index (χ0) is 29.9. The number of carbonyl (C=O) groups is 2. The lowest BCUT2D eigenvalue weighted by Crippen LogP contribution is -2.37. The number of nitrogens with zero attached hydrogens (tertiary/aromatic N) is 5. The third-order valence-electron chi connectivity index (χ3n) is 6.90. The van der Waals surface area contributed by atoms with Crippen LogP contribution in [0.15, 0.2) is 23.1 Å². The standard InChI is InChI=1S/C24H26F7N7O3/c1-2-15-20(37-41-36-15)22(40)35-19(12-3-5-23(27,28)6-4-12)16-10-38-18(34-16)7-13(9-33-38)14(8-17(25)26)21(39)32-11-24(29,30)31/h7,9-10,12,14,17,19H,2-6,8,11H2,1H3,(H,32,39)(H,35,40). The van der Waals surface area contributed by atoms with Gasteiger partial charge in [-0.2, -0.15) is 18.3 Å². The molecule has 41 heavy (non-hydrogen) atoms. The van der Waals surface area contributed by atoms with E-state index in [1.165, 1.54) is 16.8 Å².